The average molecular weight is 255 g/mol. The predicted molar refractivity (Wildman–Crippen MR) is 78.4 cm³/mol. The van der Waals surface area contributed by atoms with Crippen LogP contribution in [0.3, 0.4) is 0 Å². The summed E-state index contributed by atoms with van der Waals surface area (Å²) in [5, 5.41) is 0. The van der Waals surface area contributed by atoms with Crippen molar-refractivity contribution in [3.63, 3.8) is 0 Å². The molecule has 1 aromatic heterocycles. The second kappa shape index (κ2) is 6.93. The molecule has 0 aliphatic rings. The monoisotopic (exact) mass is 255 g/mol. The normalized spacial score (nSPS) is 12.1. The quantitative estimate of drug-likeness (QED) is 0.781. The third-order valence-corrected chi connectivity index (χ3v) is 3.36. The second-order valence-corrected chi connectivity index (χ2v) is 5.04. The Morgan fingerprint density at radius 1 is 1.11 bits per heavy atom. The highest BCUT2D eigenvalue weighted by Crippen LogP contribution is 2.17. The summed E-state index contributed by atoms with van der Waals surface area (Å²) in [6.45, 7) is 2.30. The Morgan fingerprint density at radius 2 is 1.89 bits per heavy atom. The summed E-state index contributed by atoms with van der Waals surface area (Å²) < 4.78 is 5.15. The maximum absolute atomic E-state index is 5.15. The number of hydrogen-bond donors (Lipinski definition) is 0. The van der Waals surface area contributed by atoms with Crippen LogP contribution in [0, 0.1) is 5.92 Å². The number of hydrogen-bond acceptors (Lipinski definition) is 2. The van der Waals surface area contributed by atoms with Crippen LogP contribution in [0.4, 0.5) is 0 Å². The van der Waals surface area contributed by atoms with Gasteiger partial charge >= 0.3 is 0 Å². The minimum Gasteiger partial charge on any atom is -0.481 e. The minimum atomic E-state index is 0.660. The average Bonchev–Trinajstić information content (AvgIpc) is 2.46. The highest BCUT2D eigenvalue weighted by Gasteiger charge is 2.05. The summed E-state index contributed by atoms with van der Waals surface area (Å²) in [5.74, 6) is 1.36. The van der Waals surface area contributed by atoms with Crippen molar-refractivity contribution < 1.29 is 4.74 Å². The van der Waals surface area contributed by atoms with Crippen LogP contribution in [0.5, 0.6) is 5.88 Å². The van der Waals surface area contributed by atoms with Gasteiger partial charge in [-0.05, 0) is 42.4 Å². The Kier molecular flexibility index (Phi) is 4.96. The lowest BCUT2D eigenvalue weighted by Gasteiger charge is -2.12. The SMILES string of the molecule is COc1cc(CC(C)CCc2ccccc2)ccn1. The van der Waals surface area contributed by atoms with Crippen LogP contribution in [0.1, 0.15) is 24.5 Å². The van der Waals surface area contributed by atoms with E-state index >= 15 is 0 Å². The van der Waals surface area contributed by atoms with Gasteiger partial charge in [0.25, 0.3) is 0 Å². The lowest BCUT2D eigenvalue weighted by Crippen LogP contribution is -2.02. The Bertz CT molecular complexity index is 496. The molecule has 1 heterocycles. The van der Waals surface area contributed by atoms with Crippen molar-refractivity contribution in [3.8, 4) is 5.88 Å². The molecule has 0 radical (unpaired) electrons. The zero-order valence-electron chi connectivity index (χ0n) is 11.7. The van der Waals surface area contributed by atoms with Crippen molar-refractivity contribution in [2.45, 2.75) is 26.2 Å². The zero-order chi connectivity index (χ0) is 13.5. The molecule has 0 N–H and O–H groups in total. The van der Waals surface area contributed by atoms with E-state index in [0.717, 1.165) is 12.8 Å². The largest absolute Gasteiger partial charge is 0.481 e. The van der Waals surface area contributed by atoms with Crippen molar-refractivity contribution in [2.75, 3.05) is 7.11 Å². The van der Waals surface area contributed by atoms with Crippen LogP contribution in [0.2, 0.25) is 0 Å². The summed E-state index contributed by atoms with van der Waals surface area (Å²) in [4.78, 5) is 4.14. The molecule has 0 saturated heterocycles. The van der Waals surface area contributed by atoms with E-state index in [4.69, 9.17) is 4.74 Å². The molecular weight excluding hydrogens is 234 g/mol. The van der Waals surface area contributed by atoms with Crippen LogP contribution in [-0.2, 0) is 12.8 Å². The molecule has 0 bridgehead atoms. The molecule has 1 unspecified atom stereocenters. The fourth-order valence-electron chi connectivity index (χ4n) is 2.25. The van der Waals surface area contributed by atoms with Crippen molar-refractivity contribution in [2.24, 2.45) is 5.92 Å². The van der Waals surface area contributed by atoms with E-state index < -0.39 is 0 Å². The van der Waals surface area contributed by atoms with Gasteiger partial charge in [-0.1, -0.05) is 37.3 Å². The lowest BCUT2D eigenvalue weighted by molar-refractivity contribution is 0.396. The van der Waals surface area contributed by atoms with Gasteiger partial charge < -0.3 is 4.74 Å². The Balaban J connectivity index is 1.85. The number of benzene rings is 1. The minimum absolute atomic E-state index is 0.660. The van der Waals surface area contributed by atoms with E-state index in [1.807, 2.05) is 12.3 Å². The van der Waals surface area contributed by atoms with E-state index in [9.17, 15) is 0 Å². The van der Waals surface area contributed by atoms with Crippen LogP contribution in [0.15, 0.2) is 48.7 Å². The molecule has 0 fully saturated rings. The molecule has 1 aromatic carbocycles. The highest BCUT2D eigenvalue weighted by molar-refractivity contribution is 5.21. The van der Waals surface area contributed by atoms with Gasteiger partial charge in [-0.2, -0.15) is 0 Å². The number of rotatable bonds is 6. The summed E-state index contributed by atoms with van der Waals surface area (Å²) in [6.07, 6.45) is 5.24. The van der Waals surface area contributed by atoms with Crippen LogP contribution in [0.25, 0.3) is 0 Å². The molecule has 2 rings (SSSR count). The molecule has 19 heavy (non-hydrogen) atoms. The molecule has 1 atom stereocenters. The number of methoxy groups -OCH3 is 1. The lowest BCUT2D eigenvalue weighted by atomic mass is 9.95. The number of pyridine rings is 1. The number of aryl methyl sites for hydroxylation is 1. The number of ether oxygens (including phenoxy) is 1. The van der Waals surface area contributed by atoms with Crippen molar-refractivity contribution in [3.05, 3.63) is 59.8 Å². The van der Waals surface area contributed by atoms with E-state index in [0.29, 0.717) is 11.8 Å². The molecular formula is C17H21NO. The molecule has 0 amide bonds. The molecule has 2 heteroatoms. The van der Waals surface area contributed by atoms with Crippen molar-refractivity contribution in [1.82, 2.24) is 4.98 Å². The van der Waals surface area contributed by atoms with E-state index in [1.165, 1.54) is 17.5 Å². The van der Waals surface area contributed by atoms with E-state index in [-0.39, 0.29) is 0 Å². The van der Waals surface area contributed by atoms with Gasteiger partial charge in [-0.3, -0.25) is 0 Å². The first-order valence-electron chi connectivity index (χ1n) is 6.81. The fraction of sp³-hybridized carbons (Fsp3) is 0.353. The molecule has 2 nitrogen and oxygen atoms in total. The van der Waals surface area contributed by atoms with Crippen molar-refractivity contribution >= 4 is 0 Å². The summed E-state index contributed by atoms with van der Waals surface area (Å²) in [6, 6.07) is 14.8. The first kappa shape index (κ1) is 13.6. The van der Waals surface area contributed by atoms with Gasteiger partial charge in [0.15, 0.2) is 0 Å². The maximum Gasteiger partial charge on any atom is 0.213 e. The van der Waals surface area contributed by atoms with Gasteiger partial charge in [0.1, 0.15) is 0 Å². The summed E-state index contributed by atoms with van der Waals surface area (Å²) in [7, 11) is 1.66. The first-order valence-corrected chi connectivity index (χ1v) is 6.81. The Hall–Kier alpha value is -1.83. The number of nitrogens with zero attached hydrogens (tertiary/aromatic N) is 1. The van der Waals surface area contributed by atoms with Crippen LogP contribution in [-0.4, -0.2) is 12.1 Å². The third kappa shape index (κ3) is 4.40. The van der Waals surface area contributed by atoms with Crippen molar-refractivity contribution in [1.29, 1.82) is 0 Å². The highest BCUT2D eigenvalue weighted by atomic mass is 16.5. The smallest absolute Gasteiger partial charge is 0.213 e. The molecule has 0 aliphatic heterocycles. The van der Waals surface area contributed by atoms with Gasteiger partial charge in [-0.25, -0.2) is 4.98 Å². The van der Waals surface area contributed by atoms with Crippen LogP contribution < -0.4 is 4.74 Å². The fourth-order valence-corrected chi connectivity index (χ4v) is 2.25. The standard InChI is InChI=1S/C17H21NO/c1-14(8-9-15-6-4-3-5-7-15)12-16-10-11-18-17(13-16)19-2/h3-7,10-11,13-14H,8-9,12H2,1-2H3. The van der Waals surface area contributed by atoms with E-state index in [1.54, 1.807) is 7.11 Å². The topological polar surface area (TPSA) is 22.1 Å². The molecule has 0 spiro atoms. The Labute approximate surface area is 115 Å². The van der Waals surface area contributed by atoms with E-state index in [2.05, 4.69) is 48.3 Å². The van der Waals surface area contributed by atoms with Gasteiger partial charge in [0.2, 0.25) is 5.88 Å². The zero-order valence-corrected chi connectivity index (χ0v) is 11.7. The predicted octanol–water partition coefficient (Wildman–Crippen LogP) is 3.90. The Morgan fingerprint density at radius 3 is 2.63 bits per heavy atom. The molecule has 2 aromatic rings. The molecule has 0 aliphatic carbocycles. The molecule has 0 saturated carbocycles. The van der Waals surface area contributed by atoms with Gasteiger partial charge in [-0.15, -0.1) is 0 Å². The first-order chi connectivity index (χ1) is 9.28. The maximum atomic E-state index is 5.15. The second-order valence-electron chi connectivity index (χ2n) is 5.04. The summed E-state index contributed by atoms with van der Waals surface area (Å²) in [5.41, 5.74) is 2.72. The third-order valence-electron chi connectivity index (χ3n) is 3.36. The summed E-state index contributed by atoms with van der Waals surface area (Å²) >= 11 is 0. The van der Waals surface area contributed by atoms with Gasteiger partial charge in [0.05, 0.1) is 7.11 Å². The molecule has 100 valence electrons. The van der Waals surface area contributed by atoms with Gasteiger partial charge in [0, 0.05) is 12.3 Å². The van der Waals surface area contributed by atoms with Crippen LogP contribution >= 0.6 is 0 Å². The number of aromatic nitrogens is 1.